The van der Waals surface area contributed by atoms with Crippen LogP contribution in [0.4, 0.5) is 17.1 Å². The molecule has 7 heteroatoms. The number of rotatable bonds is 5. The molecule has 1 aliphatic rings. The molecule has 0 bridgehead atoms. The lowest BCUT2D eigenvalue weighted by molar-refractivity contribution is 0.709. The van der Waals surface area contributed by atoms with Crippen molar-refractivity contribution in [3.8, 4) is 0 Å². The van der Waals surface area contributed by atoms with Crippen molar-refractivity contribution < 1.29 is 0 Å². The molecular formula is C26H19Cl3N4. The number of anilines is 3. The SMILES string of the molecule is Clc1ccc(C2CC(c3cccc(Nc4ccncc4)c3)=NN2c2cc(Cl)cc(Cl)c2)cc1. The molecular weight excluding hydrogens is 475 g/mol. The minimum atomic E-state index is -0.0105. The predicted octanol–water partition coefficient (Wildman–Crippen LogP) is 8.14. The first kappa shape index (κ1) is 21.8. The quantitative estimate of drug-likeness (QED) is 0.305. The zero-order valence-corrected chi connectivity index (χ0v) is 19.7. The average Bonchev–Trinajstić information content (AvgIpc) is 3.26. The molecule has 0 spiro atoms. The van der Waals surface area contributed by atoms with Gasteiger partial charge in [0.2, 0.25) is 0 Å². The lowest BCUT2D eigenvalue weighted by Gasteiger charge is -2.24. The summed E-state index contributed by atoms with van der Waals surface area (Å²) in [5.41, 5.74) is 5.93. The minimum Gasteiger partial charge on any atom is -0.355 e. The van der Waals surface area contributed by atoms with Crippen LogP contribution in [0.25, 0.3) is 0 Å². The predicted molar refractivity (Wildman–Crippen MR) is 138 cm³/mol. The van der Waals surface area contributed by atoms with E-state index in [1.807, 2.05) is 65.7 Å². The highest BCUT2D eigenvalue weighted by Gasteiger charge is 2.30. The van der Waals surface area contributed by atoms with Crippen molar-refractivity contribution >= 4 is 57.6 Å². The van der Waals surface area contributed by atoms with E-state index >= 15 is 0 Å². The molecule has 0 radical (unpaired) electrons. The molecule has 1 aliphatic heterocycles. The molecule has 5 rings (SSSR count). The van der Waals surface area contributed by atoms with Gasteiger partial charge in [0, 0.05) is 45.3 Å². The van der Waals surface area contributed by atoms with E-state index in [1.165, 1.54) is 0 Å². The summed E-state index contributed by atoms with van der Waals surface area (Å²) in [6.07, 6.45) is 4.25. The van der Waals surface area contributed by atoms with Crippen molar-refractivity contribution in [1.82, 2.24) is 4.98 Å². The molecule has 0 amide bonds. The second-order valence-corrected chi connectivity index (χ2v) is 9.04. The number of hydrazone groups is 1. The van der Waals surface area contributed by atoms with Gasteiger partial charge >= 0.3 is 0 Å². The van der Waals surface area contributed by atoms with Gasteiger partial charge in [-0.25, -0.2) is 0 Å². The van der Waals surface area contributed by atoms with E-state index < -0.39 is 0 Å². The van der Waals surface area contributed by atoms with Crippen LogP contribution in [0.5, 0.6) is 0 Å². The summed E-state index contributed by atoms with van der Waals surface area (Å²) in [6.45, 7) is 0. The molecule has 1 atom stereocenters. The van der Waals surface area contributed by atoms with Gasteiger partial charge in [0.05, 0.1) is 17.4 Å². The highest BCUT2D eigenvalue weighted by atomic mass is 35.5. The zero-order valence-electron chi connectivity index (χ0n) is 17.4. The largest absolute Gasteiger partial charge is 0.355 e. The van der Waals surface area contributed by atoms with Crippen molar-refractivity contribution in [1.29, 1.82) is 0 Å². The fraction of sp³-hybridized carbons (Fsp3) is 0.0769. The molecule has 0 saturated carbocycles. The topological polar surface area (TPSA) is 40.5 Å². The first-order valence-corrected chi connectivity index (χ1v) is 11.5. The first-order valence-electron chi connectivity index (χ1n) is 10.4. The van der Waals surface area contributed by atoms with Gasteiger partial charge in [-0.1, -0.05) is 59.1 Å². The van der Waals surface area contributed by atoms with Gasteiger partial charge in [0.25, 0.3) is 0 Å². The maximum atomic E-state index is 6.30. The number of hydrogen-bond acceptors (Lipinski definition) is 4. The Morgan fingerprint density at radius 2 is 1.48 bits per heavy atom. The highest BCUT2D eigenvalue weighted by molar-refractivity contribution is 6.35. The van der Waals surface area contributed by atoms with Crippen molar-refractivity contribution in [3.63, 3.8) is 0 Å². The first-order chi connectivity index (χ1) is 16.0. The fourth-order valence-corrected chi connectivity index (χ4v) is 4.56. The Kier molecular flexibility index (Phi) is 6.23. The van der Waals surface area contributed by atoms with Crippen LogP contribution in [0.1, 0.15) is 23.6 Å². The Balaban J connectivity index is 1.51. The molecule has 2 heterocycles. The maximum absolute atomic E-state index is 6.30. The number of nitrogens with zero attached hydrogens (tertiary/aromatic N) is 3. The Morgan fingerprint density at radius 1 is 0.758 bits per heavy atom. The third kappa shape index (κ3) is 4.98. The highest BCUT2D eigenvalue weighted by Crippen LogP contribution is 2.39. The average molecular weight is 494 g/mol. The van der Waals surface area contributed by atoms with Crippen molar-refractivity contribution in [3.05, 3.63) is 117 Å². The third-order valence-electron chi connectivity index (χ3n) is 5.44. The Bertz CT molecular complexity index is 1290. The number of halogens is 3. The molecule has 3 aromatic carbocycles. The summed E-state index contributed by atoms with van der Waals surface area (Å²) < 4.78 is 0. The van der Waals surface area contributed by atoms with Gasteiger partial charge in [-0.05, 0) is 65.7 Å². The smallest absolute Gasteiger partial charge is 0.0831 e. The maximum Gasteiger partial charge on any atom is 0.0831 e. The fourth-order valence-electron chi connectivity index (χ4n) is 3.92. The number of benzene rings is 3. The minimum absolute atomic E-state index is 0.0105. The summed E-state index contributed by atoms with van der Waals surface area (Å²) in [5.74, 6) is 0. The Labute approximate surface area is 207 Å². The van der Waals surface area contributed by atoms with Gasteiger partial charge in [-0.2, -0.15) is 5.10 Å². The molecule has 1 unspecified atom stereocenters. The lowest BCUT2D eigenvalue weighted by Crippen LogP contribution is -2.18. The Morgan fingerprint density at radius 3 is 2.21 bits per heavy atom. The molecule has 164 valence electrons. The molecule has 33 heavy (non-hydrogen) atoms. The van der Waals surface area contributed by atoms with Crippen LogP contribution < -0.4 is 10.3 Å². The summed E-state index contributed by atoms with van der Waals surface area (Å²) in [7, 11) is 0. The van der Waals surface area contributed by atoms with Gasteiger partial charge in [0.1, 0.15) is 0 Å². The molecule has 1 N–H and O–H groups in total. The monoisotopic (exact) mass is 492 g/mol. The van der Waals surface area contributed by atoms with Crippen LogP contribution >= 0.6 is 34.8 Å². The molecule has 0 saturated heterocycles. The van der Waals surface area contributed by atoms with Crippen LogP contribution in [-0.2, 0) is 0 Å². The van der Waals surface area contributed by atoms with E-state index in [9.17, 15) is 0 Å². The lowest BCUT2D eigenvalue weighted by atomic mass is 9.98. The number of hydrogen-bond donors (Lipinski definition) is 1. The second kappa shape index (κ2) is 9.44. The van der Waals surface area contributed by atoms with E-state index in [1.54, 1.807) is 18.5 Å². The van der Waals surface area contributed by atoms with E-state index in [0.29, 0.717) is 15.1 Å². The van der Waals surface area contributed by atoms with E-state index in [4.69, 9.17) is 39.9 Å². The summed E-state index contributed by atoms with van der Waals surface area (Å²) in [6, 6.07) is 25.4. The van der Waals surface area contributed by atoms with Crippen molar-refractivity contribution in [2.45, 2.75) is 12.5 Å². The molecule has 4 aromatic rings. The molecule has 1 aromatic heterocycles. The summed E-state index contributed by atoms with van der Waals surface area (Å²) in [4.78, 5) is 4.07. The zero-order chi connectivity index (χ0) is 22.8. The number of pyridine rings is 1. The Hall–Kier alpha value is -3.05. The summed E-state index contributed by atoms with van der Waals surface area (Å²) >= 11 is 18.7. The van der Waals surface area contributed by atoms with Gasteiger partial charge < -0.3 is 5.32 Å². The molecule has 0 fully saturated rings. The van der Waals surface area contributed by atoms with Crippen molar-refractivity contribution in [2.24, 2.45) is 5.10 Å². The van der Waals surface area contributed by atoms with Gasteiger partial charge in [-0.3, -0.25) is 9.99 Å². The summed E-state index contributed by atoms with van der Waals surface area (Å²) in [5, 5.41) is 12.2. The van der Waals surface area contributed by atoms with E-state index in [-0.39, 0.29) is 6.04 Å². The third-order valence-corrected chi connectivity index (χ3v) is 6.13. The van der Waals surface area contributed by atoms with E-state index in [0.717, 1.165) is 40.3 Å². The number of aromatic nitrogens is 1. The standard InChI is InChI=1S/C26H19Cl3N4/c27-19-6-4-17(5-7-19)26-16-25(32-33(26)24-14-20(28)13-21(29)15-24)18-2-1-3-23(12-18)31-22-8-10-30-11-9-22/h1-15,26H,16H2,(H,30,31). The molecule has 0 aliphatic carbocycles. The second-order valence-electron chi connectivity index (χ2n) is 7.73. The van der Waals surface area contributed by atoms with Crippen LogP contribution in [0.2, 0.25) is 15.1 Å². The normalized spacial score (nSPS) is 15.4. The van der Waals surface area contributed by atoms with Crippen LogP contribution in [0, 0.1) is 0 Å². The van der Waals surface area contributed by atoms with E-state index in [2.05, 4.69) is 22.4 Å². The van der Waals surface area contributed by atoms with Crippen LogP contribution in [0.3, 0.4) is 0 Å². The van der Waals surface area contributed by atoms with Gasteiger partial charge in [0.15, 0.2) is 0 Å². The van der Waals surface area contributed by atoms with Crippen molar-refractivity contribution in [2.75, 3.05) is 10.3 Å². The van der Waals surface area contributed by atoms with Crippen LogP contribution in [0.15, 0.2) is 96.4 Å². The van der Waals surface area contributed by atoms with Gasteiger partial charge in [-0.15, -0.1) is 0 Å². The van der Waals surface area contributed by atoms with Crippen LogP contribution in [-0.4, -0.2) is 10.7 Å². The number of nitrogens with one attached hydrogen (secondary N) is 1. The molecule has 4 nitrogen and oxygen atoms in total.